The van der Waals surface area contributed by atoms with Crippen molar-refractivity contribution in [2.45, 2.75) is 71.2 Å². The van der Waals surface area contributed by atoms with Gasteiger partial charge in [-0.3, -0.25) is 0 Å². The zero-order chi connectivity index (χ0) is 11.7. The molecule has 0 unspecified atom stereocenters. The highest BCUT2D eigenvalue weighted by atomic mass is 28.4. The summed E-state index contributed by atoms with van der Waals surface area (Å²) in [6, 6.07) is 1.30. The summed E-state index contributed by atoms with van der Waals surface area (Å²) in [5.74, 6) is 0. The van der Waals surface area contributed by atoms with E-state index in [-0.39, 0.29) is 0 Å². The van der Waals surface area contributed by atoms with Crippen LogP contribution in [0, 0.1) is 0 Å². The van der Waals surface area contributed by atoms with Gasteiger partial charge in [-0.1, -0.05) is 25.7 Å². The molecule has 0 aromatic carbocycles. The fourth-order valence-corrected chi connectivity index (χ4v) is 4.42. The lowest BCUT2D eigenvalue weighted by Gasteiger charge is -2.25. The van der Waals surface area contributed by atoms with Crippen molar-refractivity contribution in [3.05, 3.63) is 0 Å². The number of rotatable bonds is 9. The summed E-state index contributed by atoms with van der Waals surface area (Å²) in [5.41, 5.74) is 5.45. The minimum atomic E-state index is -1.36. The van der Waals surface area contributed by atoms with Gasteiger partial charge in [0.25, 0.3) is 0 Å². The zero-order valence-electron chi connectivity index (χ0n) is 11.0. The molecule has 0 saturated heterocycles. The smallest absolute Gasteiger partial charge is 0.187 e. The molecule has 0 fully saturated rings. The maximum atomic E-state index is 5.98. The van der Waals surface area contributed by atoms with Gasteiger partial charge in [0.1, 0.15) is 0 Å². The quantitative estimate of drug-likeness (QED) is 0.487. The minimum Gasteiger partial charge on any atom is -0.415 e. The monoisotopic (exact) mass is 231 g/mol. The summed E-state index contributed by atoms with van der Waals surface area (Å²) in [7, 11) is -1.36. The Balaban J connectivity index is 3.40. The highest BCUT2D eigenvalue weighted by Crippen LogP contribution is 2.18. The second-order valence-electron chi connectivity index (χ2n) is 5.23. The Kier molecular flexibility index (Phi) is 8.38. The van der Waals surface area contributed by atoms with Gasteiger partial charge in [-0.05, 0) is 46.0 Å². The van der Waals surface area contributed by atoms with Crippen molar-refractivity contribution in [3.8, 4) is 0 Å². The van der Waals surface area contributed by atoms with E-state index in [1.807, 2.05) is 0 Å². The molecule has 3 heteroatoms. The summed E-state index contributed by atoms with van der Waals surface area (Å²) in [6.07, 6.45) is 6.88. The van der Waals surface area contributed by atoms with Crippen molar-refractivity contribution in [1.29, 1.82) is 0 Å². The minimum absolute atomic E-state index is 0.393. The SMILES string of the molecule is CC(C)O[Si](C)(C)CCCCCCCN. The Morgan fingerprint density at radius 2 is 1.53 bits per heavy atom. The summed E-state index contributed by atoms with van der Waals surface area (Å²) in [4.78, 5) is 0. The van der Waals surface area contributed by atoms with Crippen LogP contribution in [0.2, 0.25) is 19.1 Å². The first-order valence-corrected chi connectivity index (χ1v) is 9.47. The molecule has 0 spiro atoms. The van der Waals surface area contributed by atoms with E-state index in [4.69, 9.17) is 10.2 Å². The number of unbranched alkanes of at least 4 members (excludes halogenated alkanes) is 4. The maximum Gasteiger partial charge on any atom is 0.187 e. The van der Waals surface area contributed by atoms with Crippen LogP contribution in [0.25, 0.3) is 0 Å². The van der Waals surface area contributed by atoms with Gasteiger partial charge >= 0.3 is 0 Å². The van der Waals surface area contributed by atoms with E-state index in [0.717, 1.165) is 6.54 Å². The standard InChI is InChI=1S/C12H29NOSi/c1-12(2)14-15(3,4)11-9-7-5-6-8-10-13/h12H,5-11,13H2,1-4H3. The van der Waals surface area contributed by atoms with Crippen LogP contribution >= 0.6 is 0 Å². The molecule has 0 bridgehead atoms. The molecule has 15 heavy (non-hydrogen) atoms. The predicted octanol–water partition coefficient (Wildman–Crippen LogP) is 3.53. The van der Waals surface area contributed by atoms with Gasteiger partial charge in [0.15, 0.2) is 8.32 Å². The van der Waals surface area contributed by atoms with Crippen LogP contribution in [0.3, 0.4) is 0 Å². The van der Waals surface area contributed by atoms with Crippen LogP contribution in [0.4, 0.5) is 0 Å². The Labute approximate surface area is 96.7 Å². The Morgan fingerprint density at radius 3 is 2.07 bits per heavy atom. The summed E-state index contributed by atoms with van der Waals surface area (Å²) < 4.78 is 5.98. The van der Waals surface area contributed by atoms with Crippen molar-refractivity contribution in [2.24, 2.45) is 5.73 Å². The fourth-order valence-electron chi connectivity index (χ4n) is 1.92. The van der Waals surface area contributed by atoms with Crippen LogP contribution in [-0.2, 0) is 4.43 Å². The first-order valence-electron chi connectivity index (χ1n) is 6.36. The molecule has 0 amide bonds. The topological polar surface area (TPSA) is 35.2 Å². The first kappa shape index (κ1) is 15.1. The van der Waals surface area contributed by atoms with Crippen LogP contribution in [0.15, 0.2) is 0 Å². The summed E-state index contributed by atoms with van der Waals surface area (Å²) in [6.45, 7) is 9.77. The molecule has 2 N–H and O–H groups in total. The van der Waals surface area contributed by atoms with Crippen molar-refractivity contribution >= 4 is 8.32 Å². The lowest BCUT2D eigenvalue weighted by atomic mass is 10.2. The molecule has 0 aromatic rings. The highest BCUT2D eigenvalue weighted by Gasteiger charge is 2.22. The molecule has 2 nitrogen and oxygen atoms in total. The Bertz CT molecular complexity index is 149. The van der Waals surface area contributed by atoms with Crippen molar-refractivity contribution in [1.82, 2.24) is 0 Å². The first-order chi connectivity index (χ1) is 6.98. The third-order valence-electron chi connectivity index (χ3n) is 2.54. The average Bonchev–Trinajstić information content (AvgIpc) is 2.08. The van der Waals surface area contributed by atoms with Crippen LogP contribution < -0.4 is 5.73 Å². The highest BCUT2D eigenvalue weighted by molar-refractivity contribution is 6.71. The van der Waals surface area contributed by atoms with E-state index in [0.29, 0.717) is 6.10 Å². The van der Waals surface area contributed by atoms with Gasteiger partial charge in [0.05, 0.1) is 0 Å². The molecule has 0 aromatic heterocycles. The number of hydrogen-bond donors (Lipinski definition) is 1. The third-order valence-corrected chi connectivity index (χ3v) is 5.20. The van der Waals surface area contributed by atoms with Gasteiger partial charge in [-0.25, -0.2) is 0 Å². The second-order valence-corrected chi connectivity index (χ2v) is 9.49. The average molecular weight is 231 g/mol. The molecule has 0 saturated carbocycles. The Hall–Kier alpha value is 0.137. The van der Waals surface area contributed by atoms with E-state index in [2.05, 4.69) is 26.9 Å². The predicted molar refractivity (Wildman–Crippen MR) is 70.6 cm³/mol. The van der Waals surface area contributed by atoms with Crippen molar-refractivity contribution in [2.75, 3.05) is 6.54 Å². The van der Waals surface area contributed by atoms with E-state index in [1.54, 1.807) is 0 Å². The van der Waals surface area contributed by atoms with E-state index in [9.17, 15) is 0 Å². The summed E-state index contributed by atoms with van der Waals surface area (Å²) in [5, 5.41) is 0. The number of hydrogen-bond acceptors (Lipinski definition) is 2. The molecule has 0 atom stereocenters. The molecule has 0 rings (SSSR count). The van der Waals surface area contributed by atoms with Crippen molar-refractivity contribution in [3.63, 3.8) is 0 Å². The maximum absolute atomic E-state index is 5.98. The molecular formula is C12H29NOSi. The van der Waals surface area contributed by atoms with Gasteiger partial charge in [-0.2, -0.15) is 0 Å². The normalized spacial score (nSPS) is 12.4. The van der Waals surface area contributed by atoms with E-state index >= 15 is 0 Å². The van der Waals surface area contributed by atoms with Gasteiger partial charge in [0, 0.05) is 6.10 Å². The summed E-state index contributed by atoms with van der Waals surface area (Å²) >= 11 is 0. The van der Waals surface area contributed by atoms with Crippen LogP contribution in [0.1, 0.15) is 46.0 Å². The largest absolute Gasteiger partial charge is 0.415 e. The number of nitrogens with two attached hydrogens (primary N) is 1. The van der Waals surface area contributed by atoms with E-state index in [1.165, 1.54) is 38.1 Å². The Morgan fingerprint density at radius 1 is 1.00 bits per heavy atom. The molecule has 0 aliphatic rings. The van der Waals surface area contributed by atoms with Crippen LogP contribution in [0.5, 0.6) is 0 Å². The van der Waals surface area contributed by atoms with Gasteiger partial charge in [0.2, 0.25) is 0 Å². The third kappa shape index (κ3) is 10.4. The molecular weight excluding hydrogens is 202 g/mol. The van der Waals surface area contributed by atoms with Gasteiger partial charge < -0.3 is 10.2 Å². The second kappa shape index (κ2) is 8.31. The van der Waals surface area contributed by atoms with Gasteiger partial charge in [-0.15, -0.1) is 0 Å². The molecule has 92 valence electrons. The molecule has 0 aliphatic heterocycles. The molecule has 0 radical (unpaired) electrons. The lowest BCUT2D eigenvalue weighted by Crippen LogP contribution is -2.33. The van der Waals surface area contributed by atoms with Crippen LogP contribution in [-0.4, -0.2) is 21.0 Å². The molecule has 0 heterocycles. The van der Waals surface area contributed by atoms with E-state index < -0.39 is 8.32 Å². The fraction of sp³-hybridized carbons (Fsp3) is 1.00. The zero-order valence-corrected chi connectivity index (χ0v) is 12.0. The molecule has 0 aliphatic carbocycles. The van der Waals surface area contributed by atoms with Crippen molar-refractivity contribution < 1.29 is 4.43 Å². The lowest BCUT2D eigenvalue weighted by molar-refractivity contribution is 0.230.